The standard InChI is InChI=1S/C13H13ClN4S/c1-7-4-3-5-9(14)11(7)18-13-16-8(2)6-10(17-13)12(15)19/h3-6H,1-2H3,(H2,15,19)(H,16,17,18). The Hall–Kier alpha value is -1.72. The molecule has 0 saturated carbocycles. The lowest BCUT2D eigenvalue weighted by Gasteiger charge is -2.11. The lowest BCUT2D eigenvalue weighted by atomic mass is 10.2. The van der Waals surface area contributed by atoms with Gasteiger partial charge in [-0.05, 0) is 31.5 Å². The molecule has 1 aromatic carbocycles. The summed E-state index contributed by atoms with van der Waals surface area (Å²) < 4.78 is 0. The van der Waals surface area contributed by atoms with E-state index in [9.17, 15) is 0 Å². The molecule has 4 nitrogen and oxygen atoms in total. The van der Waals surface area contributed by atoms with Crippen molar-refractivity contribution in [1.29, 1.82) is 0 Å². The van der Waals surface area contributed by atoms with E-state index in [4.69, 9.17) is 29.6 Å². The van der Waals surface area contributed by atoms with Crippen molar-refractivity contribution in [3.8, 4) is 0 Å². The maximum atomic E-state index is 6.15. The van der Waals surface area contributed by atoms with Gasteiger partial charge in [-0.1, -0.05) is 36.0 Å². The zero-order valence-corrected chi connectivity index (χ0v) is 12.1. The van der Waals surface area contributed by atoms with Gasteiger partial charge in [0, 0.05) is 5.69 Å². The number of nitrogens with one attached hydrogen (secondary N) is 1. The smallest absolute Gasteiger partial charge is 0.228 e. The van der Waals surface area contributed by atoms with Crippen LogP contribution in [0.1, 0.15) is 17.0 Å². The number of thiocarbonyl (C=S) groups is 1. The maximum Gasteiger partial charge on any atom is 0.228 e. The van der Waals surface area contributed by atoms with Crippen molar-refractivity contribution in [3.63, 3.8) is 0 Å². The van der Waals surface area contributed by atoms with Gasteiger partial charge >= 0.3 is 0 Å². The largest absolute Gasteiger partial charge is 0.388 e. The van der Waals surface area contributed by atoms with E-state index in [1.807, 2.05) is 26.0 Å². The number of halogens is 1. The molecule has 1 heterocycles. The molecule has 0 amide bonds. The van der Waals surface area contributed by atoms with E-state index in [2.05, 4.69) is 15.3 Å². The van der Waals surface area contributed by atoms with Crippen LogP contribution in [0, 0.1) is 13.8 Å². The number of anilines is 2. The van der Waals surface area contributed by atoms with Gasteiger partial charge in [-0.2, -0.15) is 0 Å². The summed E-state index contributed by atoms with van der Waals surface area (Å²) in [5, 5.41) is 3.72. The van der Waals surface area contributed by atoms with Gasteiger partial charge in [0.15, 0.2) is 0 Å². The number of hydrogen-bond donors (Lipinski definition) is 2. The number of aryl methyl sites for hydroxylation is 2. The molecule has 0 aliphatic heterocycles. The second-order valence-electron chi connectivity index (χ2n) is 4.14. The zero-order valence-electron chi connectivity index (χ0n) is 10.6. The number of nitrogens with zero attached hydrogens (tertiary/aromatic N) is 2. The highest BCUT2D eigenvalue weighted by Gasteiger charge is 2.08. The van der Waals surface area contributed by atoms with E-state index in [1.165, 1.54) is 0 Å². The molecular formula is C13H13ClN4S. The molecule has 3 N–H and O–H groups in total. The molecule has 0 radical (unpaired) electrons. The third kappa shape index (κ3) is 3.19. The van der Waals surface area contributed by atoms with Crippen LogP contribution in [0.2, 0.25) is 5.02 Å². The number of aromatic nitrogens is 2. The minimum atomic E-state index is 0.240. The van der Waals surface area contributed by atoms with Gasteiger partial charge in [-0.3, -0.25) is 0 Å². The van der Waals surface area contributed by atoms with Crippen LogP contribution >= 0.6 is 23.8 Å². The summed E-state index contributed by atoms with van der Waals surface area (Å²) in [6, 6.07) is 7.40. The predicted molar refractivity (Wildman–Crippen MR) is 82.1 cm³/mol. The summed E-state index contributed by atoms with van der Waals surface area (Å²) in [6.07, 6.45) is 0. The Balaban J connectivity index is 2.41. The first kappa shape index (κ1) is 13.7. The average molecular weight is 293 g/mol. The third-order valence-corrected chi connectivity index (χ3v) is 3.09. The van der Waals surface area contributed by atoms with Crippen molar-refractivity contribution in [3.05, 3.63) is 46.2 Å². The van der Waals surface area contributed by atoms with E-state index >= 15 is 0 Å². The molecule has 98 valence electrons. The summed E-state index contributed by atoms with van der Waals surface area (Å²) in [6.45, 7) is 3.81. The normalized spacial score (nSPS) is 10.3. The second-order valence-corrected chi connectivity index (χ2v) is 4.99. The molecular weight excluding hydrogens is 280 g/mol. The van der Waals surface area contributed by atoms with Gasteiger partial charge < -0.3 is 11.1 Å². The average Bonchev–Trinajstić information content (AvgIpc) is 2.33. The van der Waals surface area contributed by atoms with Gasteiger partial charge in [-0.25, -0.2) is 9.97 Å². The van der Waals surface area contributed by atoms with Crippen molar-refractivity contribution in [2.45, 2.75) is 13.8 Å². The van der Waals surface area contributed by atoms with Crippen molar-refractivity contribution in [1.82, 2.24) is 9.97 Å². The van der Waals surface area contributed by atoms with Crippen LogP contribution in [0.3, 0.4) is 0 Å². The number of rotatable bonds is 3. The van der Waals surface area contributed by atoms with Gasteiger partial charge in [0.05, 0.1) is 10.7 Å². The summed E-state index contributed by atoms with van der Waals surface area (Å²) in [5.41, 5.74) is 8.70. The minimum Gasteiger partial charge on any atom is -0.388 e. The molecule has 0 bridgehead atoms. The molecule has 0 saturated heterocycles. The molecule has 0 fully saturated rings. The molecule has 1 aromatic heterocycles. The maximum absolute atomic E-state index is 6.15. The number of nitrogens with two attached hydrogens (primary N) is 1. The van der Waals surface area contributed by atoms with Gasteiger partial charge in [0.2, 0.25) is 5.95 Å². The fourth-order valence-corrected chi connectivity index (χ4v) is 2.03. The molecule has 0 aliphatic rings. The molecule has 0 atom stereocenters. The predicted octanol–water partition coefficient (Wildman–Crippen LogP) is 3.12. The Kier molecular flexibility index (Phi) is 3.97. The van der Waals surface area contributed by atoms with E-state index in [-0.39, 0.29) is 4.99 Å². The summed E-state index contributed by atoms with van der Waals surface area (Å²) in [4.78, 5) is 8.80. The quantitative estimate of drug-likeness (QED) is 0.851. The van der Waals surface area contributed by atoms with Gasteiger partial charge in [0.1, 0.15) is 10.7 Å². The Bertz CT molecular complexity index is 622. The first-order chi connectivity index (χ1) is 8.97. The lowest BCUT2D eigenvalue weighted by molar-refractivity contribution is 1.09. The first-order valence-corrected chi connectivity index (χ1v) is 6.43. The SMILES string of the molecule is Cc1cc(C(N)=S)nc(Nc2c(C)cccc2Cl)n1. The van der Waals surface area contributed by atoms with Crippen LogP contribution in [0.25, 0.3) is 0 Å². The molecule has 0 spiro atoms. The lowest BCUT2D eigenvalue weighted by Crippen LogP contribution is -2.14. The van der Waals surface area contributed by atoms with Crippen molar-refractivity contribution < 1.29 is 0 Å². The monoisotopic (exact) mass is 292 g/mol. The highest BCUT2D eigenvalue weighted by molar-refractivity contribution is 7.80. The Morgan fingerprint density at radius 3 is 2.68 bits per heavy atom. The van der Waals surface area contributed by atoms with E-state index < -0.39 is 0 Å². The van der Waals surface area contributed by atoms with Gasteiger partial charge in [-0.15, -0.1) is 0 Å². The Labute approximate surface area is 122 Å². The Morgan fingerprint density at radius 2 is 2.05 bits per heavy atom. The van der Waals surface area contributed by atoms with Crippen molar-refractivity contribution >= 4 is 40.4 Å². The molecule has 0 aliphatic carbocycles. The van der Waals surface area contributed by atoms with Crippen molar-refractivity contribution in [2.24, 2.45) is 5.73 Å². The number of hydrogen-bond acceptors (Lipinski definition) is 4. The third-order valence-electron chi connectivity index (χ3n) is 2.57. The molecule has 0 unspecified atom stereocenters. The highest BCUT2D eigenvalue weighted by Crippen LogP contribution is 2.27. The zero-order chi connectivity index (χ0) is 14.0. The van der Waals surface area contributed by atoms with Crippen LogP contribution in [-0.2, 0) is 0 Å². The molecule has 2 aromatic rings. The molecule has 6 heteroatoms. The fourth-order valence-electron chi connectivity index (χ4n) is 1.65. The summed E-state index contributed by atoms with van der Waals surface area (Å²) in [7, 11) is 0. The molecule has 19 heavy (non-hydrogen) atoms. The summed E-state index contributed by atoms with van der Waals surface area (Å²) in [5.74, 6) is 0.430. The summed E-state index contributed by atoms with van der Waals surface area (Å²) >= 11 is 11.1. The van der Waals surface area contributed by atoms with Gasteiger partial charge in [0.25, 0.3) is 0 Å². The van der Waals surface area contributed by atoms with Crippen LogP contribution in [-0.4, -0.2) is 15.0 Å². The van der Waals surface area contributed by atoms with Crippen molar-refractivity contribution in [2.75, 3.05) is 5.32 Å². The van der Waals surface area contributed by atoms with E-state index in [1.54, 1.807) is 12.1 Å². The van der Waals surface area contributed by atoms with Crippen LogP contribution in [0.15, 0.2) is 24.3 Å². The number of para-hydroxylation sites is 1. The fraction of sp³-hybridized carbons (Fsp3) is 0.154. The van der Waals surface area contributed by atoms with E-state index in [0.717, 1.165) is 16.9 Å². The van der Waals surface area contributed by atoms with Crippen LogP contribution in [0.5, 0.6) is 0 Å². The molecule has 2 rings (SSSR count). The first-order valence-electron chi connectivity index (χ1n) is 5.65. The van der Waals surface area contributed by atoms with Crippen LogP contribution < -0.4 is 11.1 Å². The topological polar surface area (TPSA) is 63.8 Å². The van der Waals surface area contributed by atoms with Crippen LogP contribution in [0.4, 0.5) is 11.6 Å². The van der Waals surface area contributed by atoms with E-state index in [0.29, 0.717) is 16.7 Å². The highest BCUT2D eigenvalue weighted by atomic mass is 35.5. The second kappa shape index (κ2) is 5.50. The minimum absolute atomic E-state index is 0.240. The number of benzene rings is 1. The Morgan fingerprint density at radius 1 is 1.32 bits per heavy atom.